The molecule has 0 atom stereocenters. The zero-order valence-electron chi connectivity index (χ0n) is 6.27. The van der Waals surface area contributed by atoms with E-state index in [1.807, 2.05) is 0 Å². The van der Waals surface area contributed by atoms with Crippen LogP contribution in [-0.4, -0.2) is 4.98 Å². The van der Waals surface area contributed by atoms with Gasteiger partial charge >= 0.3 is 6.18 Å². The first kappa shape index (κ1) is 9.47. The van der Waals surface area contributed by atoms with Gasteiger partial charge in [-0.3, -0.25) is 0 Å². The molecule has 2 N–H and O–H groups in total. The third-order valence-electron chi connectivity index (χ3n) is 1.26. The molecule has 68 valence electrons. The predicted molar refractivity (Wildman–Crippen MR) is 39.7 cm³/mol. The number of rotatable bonds is 1. The fourth-order valence-corrected chi connectivity index (χ4v) is 1.66. The summed E-state index contributed by atoms with van der Waals surface area (Å²) in [5.74, 6) is 0. The van der Waals surface area contributed by atoms with Gasteiger partial charge in [0.05, 0.1) is 9.88 Å². The molecule has 0 aromatic carbocycles. The Morgan fingerprint density at radius 3 is 2.42 bits per heavy atom. The molecule has 0 amide bonds. The van der Waals surface area contributed by atoms with Crippen molar-refractivity contribution in [3.8, 4) is 0 Å². The van der Waals surface area contributed by atoms with Gasteiger partial charge in [0.1, 0.15) is 0 Å². The molecular formula is C6H7F3N2S. The Hall–Kier alpha value is -0.620. The van der Waals surface area contributed by atoms with Gasteiger partial charge < -0.3 is 5.73 Å². The summed E-state index contributed by atoms with van der Waals surface area (Å²) in [5.41, 5.74) is 4.29. The Bertz CT molecular complexity index is 279. The first-order valence-corrected chi connectivity index (χ1v) is 4.00. The number of hydrogen-bond acceptors (Lipinski definition) is 3. The average Bonchev–Trinajstić information content (AvgIpc) is 2.29. The smallest absolute Gasteiger partial charge is 0.326 e. The number of thiazole rings is 1. The maximum atomic E-state index is 12.1. The van der Waals surface area contributed by atoms with Gasteiger partial charge in [-0.15, -0.1) is 11.3 Å². The van der Waals surface area contributed by atoms with Crippen LogP contribution in [0.3, 0.4) is 0 Å². The Kier molecular flexibility index (Phi) is 2.39. The molecule has 0 radical (unpaired) electrons. The minimum absolute atomic E-state index is 0.0972. The molecule has 1 aromatic heterocycles. The van der Waals surface area contributed by atoms with Gasteiger partial charge in [-0.2, -0.15) is 13.2 Å². The van der Waals surface area contributed by atoms with Crippen LogP contribution in [0.5, 0.6) is 0 Å². The third kappa shape index (κ3) is 1.75. The highest BCUT2D eigenvalue weighted by molar-refractivity contribution is 7.11. The number of nitrogens with two attached hydrogens (primary N) is 1. The van der Waals surface area contributed by atoms with Gasteiger partial charge in [0, 0.05) is 6.54 Å². The standard InChI is InChI=1S/C6H7F3N2S/c1-3-11-5(6(7,8)9)4(2-10)12-3/h2,10H2,1H3. The summed E-state index contributed by atoms with van der Waals surface area (Å²) in [6, 6.07) is 0. The Labute approximate surface area is 71.2 Å². The van der Waals surface area contributed by atoms with Gasteiger partial charge in [0.15, 0.2) is 5.69 Å². The molecule has 2 nitrogen and oxygen atoms in total. The molecule has 12 heavy (non-hydrogen) atoms. The number of alkyl halides is 3. The molecule has 6 heteroatoms. The average molecular weight is 196 g/mol. The number of halogens is 3. The van der Waals surface area contributed by atoms with Crippen molar-refractivity contribution >= 4 is 11.3 Å². The van der Waals surface area contributed by atoms with Crippen LogP contribution >= 0.6 is 11.3 Å². The molecule has 0 aliphatic heterocycles. The topological polar surface area (TPSA) is 38.9 Å². The van der Waals surface area contributed by atoms with Crippen LogP contribution in [0.15, 0.2) is 0 Å². The summed E-state index contributed by atoms with van der Waals surface area (Å²) in [4.78, 5) is 3.46. The van der Waals surface area contributed by atoms with Crippen LogP contribution in [0.2, 0.25) is 0 Å². The molecule has 1 aromatic rings. The van der Waals surface area contributed by atoms with Crippen LogP contribution < -0.4 is 5.73 Å². The Balaban J connectivity index is 3.13. The molecular weight excluding hydrogens is 189 g/mol. The predicted octanol–water partition coefficient (Wildman–Crippen LogP) is 1.93. The van der Waals surface area contributed by atoms with Gasteiger partial charge in [0.2, 0.25) is 0 Å². The highest BCUT2D eigenvalue weighted by Gasteiger charge is 2.36. The van der Waals surface area contributed by atoms with Crippen LogP contribution in [-0.2, 0) is 12.7 Å². The minimum Gasteiger partial charge on any atom is -0.326 e. The largest absolute Gasteiger partial charge is 0.434 e. The third-order valence-corrected chi connectivity index (χ3v) is 2.25. The molecule has 0 spiro atoms. The maximum absolute atomic E-state index is 12.1. The van der Waals surface area contributed by atoms with E-state index in [1.54, 1.807) is 0 Å². The summed E-state index contributed by atoms with van der Waals surface area (Å²) in [5, 5.41) is 0.391. The van der Waals surface area contributed by atoms with Crippen molar-refractivity contribution in [2.75, 3.05) is 0 Å². The molecule has 0 aliphatic carbocycles. The second-order valence-electron chi connectivity index (χ2n) is 2.21. The van der Waals surface area contributed by atoms with E-state index in [4.69, 9.17) is 5.73 Å². The fraction of sp³-hybridized carbons (Fsp3) is 0.500. The second kappa shape index (κ2) is 3.02. The lowest BCUT2D eigenvalue weighted by atomic mass is 10.3. The van der Waals surface area contributed by atoms with Crippen molar-refractivity contribution in [3.63, 3.8) is 0 Å². The van der Waals surface area contributed by atoms with E-state index in [-0.39, 0.29) is 11.4 Å². The highest BCUT2D eigenvalue weighted by atomic mass is 32.1. The summed E-state index contributed by atoms with van der Waals surface area (Å²) >= 11 is 0.985. The Morgan fingerprint density at radius 2 is 2.08 bits per heavy atom. The van der Waals surface area contributed by atoms with Gasteiger partial charge in [0.25, 0.3) is 0 Å². The lowest BCUT2D eigenvalue weighted by Crippen LogP contribution is -2.10. The SMILES string of the molecule is Cc1nc(C(F)(F)F)c(CN)s1. The monoisotopic (exact) mass is 196 g/mol. The molecule has 0 aliphatic rings. The molecule has 1 rings (SSSR count). The van der Waals surface area contributed by atoms with E-state index in [0.717, 1.165) is 11.3 Å². The number of hydrogen-bond donors (Lipinski definition) is 1. The summed E-state index contributed by atoms with van der Waals surface area (Å²) in [7, 11) is 0. The molecule has 0 unspecified atom stereocenters. The lowest BCUT2D eigenvalue weighted by Gasteiger charge is -2.03. The van der Waals surface area contributed by atoms with Crippen molar-refractivity contribution < 1.29 is 13.2 Å². The molecule has 0 fully saturated rings. The molecule has 0 saturated carbocycles. The van der Waals surface area contributed by atoms with E-state index in [0.29, 0.717) is 5.01 Å². The number of aryl methyl sites for hydroxylation is 1. The van der Waals surface area contributed by atoms with Crippen LogP contribution in [0.25, 0.3) is 0 Å². The maximum Gasteiger partial charge on any atom is 0.434 e. The number of aromatic nitrogens is 1. The fourth-order valence-electron chi connectivity index (χ4n) is 0.829. The minimum atomic E-state index is -4.38. The van der Waals surface area contributed by atoms with Crippen molar-refractivity contribution in [3.05, 3.63) is 15.6 Å². The zero-order valence-corrected chi connectivity index (χ0v) is 7.09. The summed E-state index contributed by atoms with van der Waals surface area (Å²) < 4.78 is 36.4. The van der Waals surface area contributed by atoms with E-state index in [9.17, 15) is 13.2 Å². The molecule has 0 bridgehead atoms. The highest BCUT2D eigenvalue weighted by Crippen LogP contribution is 2.33. The van der Waals surface area contributed by atoms with Crippen LogP contribution in [0.1, 0.15) is 15.6 Å². The zero-order chi connectivity index (χ0) is 9.35. The van der Waals surface area contributed by atoms with Gasteiger partial charge in [-0.25, -0.2) is 4.98 Å². The number of nitrogens with zero attached hydrogens (tertiary/aromatic N) is 1. The van der Waals surface area contributed by atoms with E-state index in [1.165, 1.54) is 6.92 Å². The van der Waals surface area contributed by atoms with Crippen LogP contribution in [0, 0.1) is 6.92 Å². The first-order valence-electron chi connectivity index (χ1n) is 3.18. The summed E-state index contributed by atoms with van der Waals surface area (Å²) in [6.45, 7) is 1.42. The van der Waals surface area contributed by atoms with Crippen molar-refractivity contribution in [1.82, 2.24) is 4.98 Å². The van der Waals surface area contributed by atoms with E-state index < -0.39 is 11.9 Å². The van der Waals surface area contributed by atoms with E-state index >= 15 is 0 Å². The van der Waals surface area contributed by atoms with Crippen LogP contribution in [0.4, 0.5) is 13.2 Å². The second-order valence-corrected chi connectivity index (χ2v) is 3.49. The van der Waals surface area contributed by atoms with Gasteiger partial charge in [-0.1, -0.05) is 0 Å². The van der Waals surface area contributed by atoms with Crippen molar-refractivity contribution in [2.45, 2.75) is 19.6 Å². The summed E-state index contributed by atoms with van der Waals surface area (Å²) in [6.07, 6.45) is -4.38. The Morgan fingerprint density at radius 1 is 1.50 bits per heavy atom. The van der Waals surface area contributed by atoms with E-state index in [2.05, 4.69) is 4.98 Å². The molecule has 0 saturated heterocycles. The quantitative estimate of drug-likeness (QED) is 0.745. The normalized spacial score (nSPS) is 12.1. The van der Waals surface area contributed by atoms with Crippen molar-refractivity contribution in [2.24, 2.45) is 5.73 Å². The van der Waals surface area contributed by atoms with Crippen molar-refractivity contribution in [1.29, 1.82) is 0 Å². The molecule has 1 heterocycles. The van der Waals surface area contributed by atoms with Gasteiger partial charge in [-0.05, 0) is 6.92 Å². The first-order chi connectivity index (χ1) is 5.45. The lowest BCUT2D eigenvalue weighted by molar-refractivity contribution is -0.141.